The second kappa shape index (κ2) is 21.1. The summed E-state index contributed by atoms with van der Waals surface area (Å²) >= 11 is 0. The number of carbonyl (C=O) groups is 2. The van der Waals surface area contributed by atoms with Crippen LogP contribution in [0.5, 0.6) is 0 Å². The summed E-state index contributed by atoms with van der Waals surface area (Å²) in [5.74, 6) is -1.46. The molecule has 2 heterocycles. The number of carboxylic acid groups (broad SMARTS) is 1. The Hall–Kier alpha value is -8.67. The van der Waals surface area contributed by atoms with Crippen LogP contribution in [-0.2, 0) is 29.5 Å². The molecule has 0 saturated heterocycles. The second-order valence-corrected chi connectivity index (χ2v) is 16.0. The molecule has 9 rings (SSSR count). The predicted octanol–water partition coefficient (Wildman–Crippen LogP) is 10.7. The van der Waals surface area contributed by atoms with Gasteiger partial charge in [0.2, 0.25) is 11.5 Å². The van der Waals surface area contributed by atoms with E-state index in [1.807, 2.05) is 212 Å². The van der Waals surface area contributed by atoms with Gasteiger partial charge in [0.05, 0.1) is 6.20 Å². The minimum Gasteiger partial charge on any atom is -0.476 e. The molecule has 0 amide bonds. The maximum Gasteiger partial charge on any atom is 0.361 e. The van der Waals surface area contributed by atoms with E-state index in [9.17, 15) is 14.7 Å². The Morgan fingerprint density at radius 1 is 0.632 bits per heavy atom. The van der Waals surface area contributed by atoms with Crippen molar-refractivity contribution in [2.75, 3.05) is 11.9 Å². The van der Waals surface area contributed by atoms with Crippen LogP contribution >= 0.6 is 0 Å². The summed E-state index contributed by atoms with van der Waals surface area (Å²) in [5.41, 5.74) is 4.77. The Labute approximate surface area is 394 Å². The van der Waals surface area contributed by atoms with Gasteiger partial charge in [-0.25, -0.2) is 19.8 Å². The van der Waals surface area contributed by atoms with E-state index in [2.05, 4.69) is 15.5 Å². The number of allylic oxidation sites excluding steroid dienone is 1. The number of hydroxylamine groups is 2. The molecule has 2 N–H and O–H groups in total. The predicted molar refractivity (Wildman–Crippen MR) is 260 cm³/mol. The SMILES string of the molecule is O=C(O)C(=NOCC1CC(=O)C(OC(c2ccccc2)c2ccccc2)=CN1OC(c1ccccc1)c1ccccc1)c1nccc(NC(c2ccccc2)(c2ccccc2)c2ccccc2)n1. The van der Waals surface area contributed by atoms with Crippen molar-refractivity contribution in [2.45, 2.75) is 30.2 Å². The fraction of sp³-hybridized carbons (Fsp3) is 0.105. The number of ether oxygens (including phenoxy) is 1. The minimum atomic E-state index is -1.41. The Balaban J connectivity index is 1.04. The normalized spacial score (nSPS) is 14.1. The second-order valence-electron chi connectivity index (χ2n) is 16.0. The summed E-state index contributed by atoms with van der Waals surface area (Å²) in [7, 11) is 0. The number of hydrogen-bond donors (Lipinski definition) is 2. The van der Waals surface area contributed by atoms with E-state index in [4.69, 9.17) is 19.4 Å². The van der Waals surface area contributed by atoms with Crippen molar-refractivity contribution in [1.29, 1.82) is 0 Å². The molecular weight excluding hydrogens is 851 g/mol. The average Bonchev–Trinajstić information content (AvgIpc) is 3.40. The van der Waals surface area contributed by atoms with Gasteiger partial charge < -0.3 is 20.0 Å². The number of Topliss-reactive ketones (excluding diaryl/α,β-unsaturated/α-hetero) is 1. The van der Waals surface area contributed by atoms with Crippen LogP contribution in [0, 0.1) is 0 Å². The maximum absolute atomic E-state index is 14.2. The van der Waals surface area contributed by atoms with Crippen LogP contribution < -0.4 is 5.32 Å². The third-order valence-corrected chi connectivity index (χ3v) is 11.6. The van der Waals surface area contributed by atoms with Crippen LogP contribution in [0.3, 0.4) is 0 Å². The van der Waals surface area contributed by atoms with E-state index >= 15 is 0 Å². The van der Waals surface area contributed by atoms with Crippen LogP contribution in [0.4, 0.5) is 5.82 Å². The smallest absolute Gasteiger partial charge is 0.361 e. The van der Waals surface area contributed by atoms with Crippen molar-refractivity contribution in [3.8, 4) is 0 Å². The fourth-order valence-electron chi connectivity index (χ4n) is 8.32. The Bertz CT molecular complexity index is 2790. The van der Waals surface area contributed by atoms with Crippen LogP contribution in [0.25, 0.3) is 0 Å². The van der Waals surface area contributed by atoms with Crippen molar-refractivity contribution < 1.29 is 29.1 Å². The van der Waals surface area contributed by atoms with Gasteiger partial charge in [0.15, 0.2) is 11.6 Å². The van der Waals surface area contributed by atoms with Gasteiger partial charge in [-0.3, -0.25) is 9.63 Å². The number of nitrogens with one attached hydrogen (secondary N) is 1. The molecule has 11 nitrogen and oxygen atoms in total. The van der Waals surface area contributed by atoms with Crippen LogP contribution in [-0.4, -0.2) is 50.3 Å². The summed E-state index contributed by atoms with van der Waals surface area (Å²) < 4.78 is 6.63. The Kier molecular flexibility index (Phi) is 13.8. The lowest BCUT2D eigenvalue weighted by atomic mass is 9.77. The molecule has 0 spiro atoms. The first-order chi connectivity index (χ1) is 33.5. The van der Waals surface area contributed by atoms with E-state index in [1.165, 1.54) is 6.20 Å². The van der Waals surface area contributed by atoms with Gasteiger partial charge in [-0.2, -0.15) is 0 Å². The summed E-state index contributed by atoms with van der Waals surface area (Å²) in [5, 5.41) is 19.9. The number of hydrogen-bond acceptors (Lipinski definition) is 10. The van der Waals surface area contributed by atoms with Crippen LogP contribution in [0.1, 0.15) is 63.4 Å². The van der Waals surface area contributed by atoms with Gasteiger partial charge in [0.1, 0.15) is 36.2 Å². The molecule has 0 saturated carbocycles. The highest BCUT2D eigenvalue weighted by Gasteiger charge is 2.38. The molecule has 0 bridgehead atoms. The lowest BCUT2D eigenvalue weighted by molar-refractivity contribution is -0.197. The molecule has 8 aromatic rings. The maximum atomic E-state index is 14.2. The highest BCUT2D eigenvalue weighted by Crippen LogP contribution is 2.40. The summed E-state index contributed by atoms with van der Waals surface area (Å²) in [6.07, 6.45) is 1.71. The molecule has 0 fully saturated rings. The van der Waals surface area contributed by atoms with E-state index < -0.39 is 35.5 Å². The lowest BCUT2D eigenvalue weighted by Crippen LogP contribution is -2.42. The van der Waals surface area contributed by atoms with E-state index in [0.29, 0.717) is 5.82 Å². The zero-order chi connectivity index (χ0) is 46.5. The minimum absolute atomic E-state index is 0.0869. The van der Waals surface area contributed by atoms with Gasteiger partial charge >= 0.3 is 5.97 Å². The molecule has 1 unspecified atom stereocenters. The summed E-state index contributed by atoms with van der Waals surface area (Å²) in [4.78, 5) is 48.9. The van der Waals surface area contributed by atoms with Crippen LogP contribution in [0.2, 0.25) is 0 Å². The lowest BCUT2D eigenvalue weighted by Gasteiger charge is -2.37. The molecule has 7 aromatic carbocycles. The van der Waals surface area contributed by atoms with E-state index in [1.54, 1.807) is 17.3 Å². The van der Waals surface area contributed by atoms with E-state index in [-0.39, 0.29) is 30.4 Å². The molecule has 1 atom stereocenters. The first-order valence-electron chi connectivity index (χ1n) is 22.2. The molecule has 336 valence electrons. The first-order valence-corrected chi connectivity index (χ1v) is 22.2. The number of anilines is 1. The fourth-order valence-corrected chi connectivity index (χ4v) is 8.32. The standard InChI is InChI=1S/C57H47N5O6/c63-49-38-48(62(68-54(43-26-12-3-13-27-43)44-28-14-4-15-29-44)39-50(49)67-53(41-22-8-1-9-23-41)42-24-10-2-11-25-42)40-66-61-52(56(64)65)55-58-37-36-51(59-55)60-57(45-30-16-5-17-31-45,46-32-18-6-19-33-46)47-34-20-7-21-35-47/h1-37,39,48,53-54H,38,40H2,(H,64,65)(H,58,59,60). The monoisotopic (exact) mass is 897 g/mol. The van der Waals surface area contributed by atoms with Gasteiger partial charge in [0.25, 0.3) is 0 Å². The number of carboxylic acids is 1. The number of ketones is 1. The summed E-state index contributed by atoms with van der Waals surface area (Å²) in [6, 6.07) is 69.7. The van der Waals surface area contributed by atoms with Gasteiger partial charge in [0, 0.05) is 12.6 Å². The largest absolute Gasteiger partial charge is 0.476 e. The molecule has 0 aliphatic carbocycles. The van der Waals surface area contributed by atoms with Crippen molar-refractivity contribution in [3.05, 3.63) is 281 Å². The first kappa shape index (κ1) is 44.5. The average molecular weight is 898 g/mol. The molecular formula is C57H47N5O6. The number of aliphatic carboxylic acids is 1. The number of oxime groups is 1. The quantitative estimate of drug-likeness (QED) is 0.0487. The van der Waals surface area contributed by atoms with Crippen molar-refractivity contribution in [3.63, 3.8) is 0 Å². The van der Waals surface area contributed by atoms with Crippen molar-refractivity contribution in [1.82, 2.24) is 15.0 Å². The molecule has 68 heavy (non-hydrogen) atoms. The van der Waals surface area contributed by atoms with E-state index in [0.717, 1.165) is 38.9 Å². The molecule has 1 aliphatic rings. The van der Waals surface area contributed by atoms with Crippen LogP contribution in [0.15, 0.2) is 242 Å². The third kappa shape index (κ3) is 10.1. The van der Waals surface area contributed by atoms with Gasteiger partial charge in [-0.1, -0.05) is 217 Å². The third-order valence-electron chi connectivity index (χ3n) is 11.6. The summed E-state index contributed by atoms with van der Waals surface area (Å²) in [6.45, 7) is -0.250. The molecule has 11 heteroatoms. The number of nitrogens with zero attached hydrogens (tertiary/aromatic N) is 4. The highest BCUT2D eigenvalue weighted by molar-refractivity contribution is 6.41. The number of aromatic nitrogens is 2. The number of benzene rings is 7. The number of carbonyl (C=O) groups excluding carboxylic acids is 1. The van der Waals surface area contributed by atoms with Crippen molar-refractivity contribution >= 4 is 23.3 Å². The van der Waals surface area contributed by atoms with Gasteiger partial charge in [-0.05, 0) is 45.0 Å². The number of rotatable bonds is 18. The van der Waals surface area contributed by atoms with Crippen molar-refractivity contribution in [2.24, 2.45) is 5.16 Å². The zero-order valence-corrected chi connectivity index (χ0v) is 36.9. The topological polar surface area (TPSA) is 135 Å². The Morgan fingerprint density at radius 3 is 1.50 bits per heavy atom. The molecule has 1 aromatic heterocycles. The molecule has 0 radical (unpaired) electrons. The highest BCUT2D eigenvalue weighted by atomic mass is 16.7. The molecule has 1 aliphatic heterocycles. The Morgan fingerprint density at radius 2 is 1.06 bits per heavy atom. The van der Waals surface area contributed by atoms with Gasteiger partial charge in [-0.15, -0.1) is 0 Å². The zero-order valence-electron chi connectivity index (χ0n) is 36.9.